The molecular weight excluding hydrogens is 257 g/mol. The summed E-state index contributed by atoms with van der Waals surface area (Å²) in [5.41, 5.74) is 6.14. The molecule has 1 aromatic rings. The molecule has 0 spiro atoms. The fraction of sp³-hybridized carbons (Fsp3) is 0.533. The predicted octanol–water partition coefficient (Wildman–Crippen LogP) is 1.70. The van der Waals surface area contributed by atoms with Crippen LogP contribution < -0.4 is 5.73 Å². The van der Waals surface area contributed by atoms with E-state index in [2.05, 4.69) is 4.90 Å². The van der Waals surface area contributed by atoms with Crippen LogP contribution in [0.3, 0.4) is 0 Å². The molecule has 1 aromatic carbocycles. The highest BCUT2D eigenvalue weighted by Gasteiger charge is 2.21. The Kier molecular flexibility index (Phi) is 5.09. The Labute approximate surface area is 118 Å². The highest BCUT2D eigenvalue weighted by Crippen LogP contribution is 2.22. The molecule has 1 unspecified atom stereocenters. The second kappa shape index (κ2) is 6.81. The van der Waals surface area contributed by atoms with E-state index in [-0.39, 0.29) is 23.8 Å². The van der Waals surface area contributed by atoms with E-state index in [1.165, 1.54) is 6.07 Å². The molecule has 0 saturated carbocycles. The Morgan fingerprint density at radius 2 is 2.30 bits per heavy atom. The molecule has 0 bridgehead atoms. The molecule has 0 aromatic heterocycles. The van der Waals surface area contributed by atoms with Crippen LogP contribution in [0.2, 0.25) is 0 Å². The van der Waals surface area contributed by atoms with Gasteiger partial charge in [0, 0.05) is 25.3 Å². The number of likely N-dealkylation sites (tertiary alicyclic amines) is 1. The molecule has 5 heteroatoms. The van der Waals surface area contributed by atoms with Gasteiger partial charge in [-0.15, -0.1) is 0 Å². The first-order chi connectivity index (χ1) is 9.61. The molecule has 0 aliphatic carbocycles. The van der Waals surface area contributed by atoms with Crippen molar-refractivity contribution in [3.63, 3.8) is 0 Å². The van der Waals surface area contributed by atoms with Crippen LogP contribution in [-0.2, 0) is 6.54 Å². The first-order valence-corrected chi connectivity index (χ1v) is 7.06. The third kappa shape index (κ3) is 3.55. The summed E-state index contributed by atoms with van der Waals surface area (Å²) in [6.45, 7) is 2.59. The monoisotopic (exact) mass is 279 g/mol. The molecule has 1 fully saturated rings. The third-order valence-electron chi connectivity index (χ3n) is 3.90. The van der Waals surface area contributed by atoms with Gasteiger partial charge in [0.2, 0.25) is 0 Å². The van der Waals surface area contributed by atoms with Crippen molar-refractivity contribution in [2.75, 3.05) is 19.7 Å². The van der Waals surface area contributed by atoms with Crippen molar-refractivity contribution in [2.24, 2.45) is 11.7 Å². The summed E-state index contributed by atoms with van der Waals surface area (Å²) in [7, 11) is 0. The topological polar surface area (TPSA) is 73.3 Å². The van der Waals surface area contributed by atoms with E-state index in [1.807, 2.05) is 0 Å². The standard InChI is InChI=1S/C15H22FN3O/c16-14-12(4-1-5-13(14)15(17)18)10-19-7-2-3-11(9-19)6-8-20/h1,4-5,11,20H,2-3,6-10H2,(H3,17,18). The number of piperidine rings is 1. The molecule has 1 atom stereocenters. The average Bonchev–Trinajstić information content (AvgIpc) is 2.42. The van der Waals surface area contributed by atoms with E-state index in [9.17, 15) is 4.39 Å². The minimum Gasteiger partial charge on any atom is -0.396 e. The number of aliphatic hydroxyl groups is 1. The maximum absolute atomic E-state index is 14.2. The van der Waals surface area contributed by atoms with Crippen molar-refractivity contribution in [3.8, 4) is 0 Å². The van der Waals surface area contributed by atoms with Gasteiger partial charge in [-0.3, -0.25) is 10.3 Å². The van der Waals surface area contributed by atoms with Crippen molar-refractivity contribution in [1.29, 1.82) is 5.41 Å². The van der Waals surface area contributed by atoms with Gasteiger partial charge in [0.1, 0.15) is 11.7 Å². The van der Waals surface area contributed by atoms with Crippen molar-refractivity contribution in [2.45, 2.75) is 25.8 Å². The third-order valence-corrected chi connectivity index (χ3v) is 3.90. The Bertz CT molecular complexity index is 476. The first kappa shape index (κ1) is 14.9. The molecule has 0 amide bonds. The summed E-state index contributed by atoms with van der Waals surface area (Å²) in [6, 6.07) is 5.02. The number of nitrogens with two attached hydrogens (primary N) is 1. The average molecular weight is 279 g/mol. The van der Waals surface area contributed by atoms with Gasteiger partial charge < -0.3 is 10.8 Å². The number of nitrogen functional groups attached to an aromatic ring is 1. The maximum atomic E-state index is 14.2. The zero-order valence-corrected chi connectivity index (χ0v) is 11.6. The Hall–Kier alpha value is -1.46. The lowest BCUT2D eigenvalue weighted by Gasteiger charge is -2.32. The zero-order chi connectivity index (χ0) is 14.5. The van der Waals surface area contributed by atoms with Crippen LogP contribution in [0.5, 0.6) is 0 Å². The molecule has 4 nitrogen and oxygen atoms in total. The van der Waals surface area contributed by atoms with Gasteiger partial charge in [-0.1, -0.05) is 12.1 Å². The molecule has 0 radical (unpaired) electrons. The zero-order valence-electron chi connectivity index (χ0n) is 11.6. The molecular formula is C15H22FN3O. The number of nitrogens with one attached hydrogen (secondary N) is 1. The van der Waals surface area contributed by atoms with Gasteiger partial charge in [0.25, 0.3) is 0 Å². The van der Waals surface area contributed by atoms with Gasteiger partial charge in [-0.2, -0.15) is 0 Å². The van der Waals surface area contributed by atoms with Crippen LogP contribution in [0.15, 0.2) is 18.2 Å². The van der Waals surface area contributed by atoms with Crippen LogP contribution in [0, 0.1) is 17.1 Å². The minimum absolute atomic E-state index is 0.173. The lowest BCUT2D eigenvalue weighted by molar-refractivity contribution is 0.141. The lowest BCUT2D eigenvalue weighted by Crippen LogP contribution is -2.35. The molecule has 1 aliphatic rings. The number of halogens is 1. The SMILES string of the molecule is N=C(N)c1cccc(CN2CCCC(CCO)C2)c1F. The molecule has 2 rings (SSSR count). The quantitative estimate of drug-likeness (QED) is 0.567. The number of hydrogen-bond donors (Lipinski definition) is 3. The van der Waals surface area contributed by atoms with Crippen LogP contribution in [0.1, 0.15) is 30.4 Å². The number of benzene rings is 1. The number of amidine groups is 1. The highest BCUT2D eigenvalue weighted by atomic mass is 19.1. The summed E-state index contributed by atoms with van der Waals surface area (Å²) < 4.78 is 14.2. The Morgan fingerprint density at radius 3 is 3.00 bits per heavy atom. The van der Waals surface area contributed by atoms with E-state index >= 15 is 0 Å². The van der Waals surface area contributed by atoms with Crippen LogP contribution in [0.25, 0.3) is 0 Å². The van der Waals surface area contributed by atoms with E-state index in [4.69, 9.17) is 16.2 Å². The van der Waals surface area contributed by atoms with Crippen LogP contribution in [0.4, 0.5) is 4.39 Å². The molecule has 1 heterocycles. The van der Waals surface area contributed by atoms with Crippen molar-refractivity contribution in [1.82, 2.24) is 4.90 Å². The highest BCUT2D eigenvalue weighted by molar-refractivity contribution is 5.95. The van der Waals surface area contributed by atoms with E-state index < -0.39 is 0 Å². The number of rotatable bonds is 5. The second-order valence-corrected chi connectivity index (χ2v) is 5.45. The minimum atomic E-state index is -0.385. The van der Waals surface area contributed by atoms with Crippen molar-refractivity contribution in [3.05, 3.63) is 35.1 Å². The largest absolute Gasteiger partial charge is 0.396 e. The van der Waals surface area contributed by atoms with E-state index in [1.54, 1.807) is 12.1 Å². The lowest BCUT2D eigenvalue weighted by atomic mass is 9.94. The molecule has 1 saturated heterocycles. The molecule has 4 N–H and O–H groups in total. The molecule has 110 valence electrons. The fourth-order valence-electron chi connectivity index (χ4n) is 2.86. The normalized spacial score (nSPS) is 20.0. The summed E-state index contributed by atoms with van der Waals surface area (Å²) in [4.78, 5) is 2.21. The summed E-state index contributed by atoms with van der Waals surface area (Å²) in [5.74, 6) is -0.127. The Morgan fingerprint density at radius 1 is 1.50 bits per heavy atom. The van der Waals surface area contributed by atoms with Crippen molar-refractivity contribution < 1.29 is 9.50 Å². The fourth-order valence-corrected chi connectivity index (χ4v) is 2.86. The number of hydrogen-bond acceptors (Lipinski definition) is 3. The molecule has 1 aliphatic heterocycles. The van der Waals surface area contributed by atoms with Gasteiger partial charge in [-0.25, -0.2) is 4.39 Å². The molecule has 20 heavy (non-hydrogen) atoms. The predicted molar refractivity (Wildman–Crippen MR) is 77.1 cm³/mol. The maximum Gasteiger partial charge on any atom is 0.138 e. The van der Waals surface area contributed by atoms with Gasteiger partial charge in [-0.05, 0) is 37.8 Å². The van der Waals surface area contributed by atoms with Gasteiger partial charge in [0.05, 0.1) is 5.56 Å². The number of aliphatic hydroxyl groups excluding tert-OH is 1. The second-order valence-electron chi connectivity index (χ2n) is 5.45. The van der Waals surface area contributed by atoms with E-state index in [0.29, 0.717) is 18.0 Å². The van der Waals surface area contributed by atoms with Crippen molar-refractivity contribution >= 4 is 5.84 Å². The Balaban J connectivity index is 2.06. The van der Waals surface area contributed by atoms with E-state index in [0.717, 1.165) is 32.4 Å². The van der Waals surface area contributed by atoms with Gasteiger partial charge >= 0.3 is 0 Å². The number of nitrogens with zero attached hydrogens (tertiary/aromatic N) is 1. The summed E-state index contributed by atoms with van der Waals surface area (Å²) in [6.07, 6.45) is 3.03. The summed E-state index contributed by atoms with van der Waals surface area (Å²) in [5, 5.41) is 16.4. The van der Waals surface area contributed by atoms with Crippen LogP contribution >= 0.6 is 0 Å². The van der Waals surface area contributed by atoms with Gasteiger partial charge in [0.15, 0.2) is 0 Å². The summed E-state index contributed by atoms with van der Waals surface area (Å²) >= 11 is 0. The smallest absolute Gasteiger partial charge is 0.138 e. The first-order valence-electron chi connectivity index (χ1n) is 7.06. The van der Waals surface area contributed by atoms with Crippen LogP contribution in [-0.4, -0.2) is 35.5 Å².